The smallest absolute Gasteiger partial charge is 0.175 e. The molecule has 0 spiro atoms. The van der Waals surface area contributed by atoms with Crippen LogP contribution in [-0.4, -0.2) is 16.4 Å². The molecule has 1 aliphatic heterocycles. The number of ketones is 1. The zero-order valence-corrected chi connectivity index (χ0v) is 10.5. The van der Waals surface area contributed by atoms with Crippen LogP contribution >= 0.6 is 10.5 Å². The van der Waals surface area contributed by atoms with Gasteiger partial charge in [0.25, 0.3) is 0 Å². The number of rotatable bonds is 1. The highest BCUT2D eigenvalue weighted by atomic mass is 32.2. The zero-order valence-electron chi connectivity index (χ0n) is 9.72. The fourth-order valence-electron chi connectivity index (χ4n) is 2.48. The minimum atomic E-state index is -0.0156. The van der Waals surface area contributed by atoms with Gasteiger partial charge in [-0.25, -0.2) is 0 Å². The van der Waals surface area contributed by atoms with E-state index in [1.54, 1.807) is 0 Å². The molecule has 17 heavy (non-hydrogen) atoms. The third-order valence-electron chi connectivity index (χ3n) is 3.26. The maximum Gasteiger partial charge on any atom is 0.175 e. The standard InChI is InChI=1S/C15H14OS/c1-2-17-13-9-5-3-7-11(13)15(16)12-8-4-6-10-14(12)17/h3-11H,2H2,1H3. The number of allylic oxidation sites excluding steroid dienone is 4. The van der Waals surface area contributed by atoms with E-state index in [0.717, 1.165) is 11.3 Å². The van der Waals surface area contributed by atoms with Gasteiger partial charge in [-0.15, -0.1) is 10.5 Å². The molecule has 0 saturated carbocycles. The number of Topliss-reactive ketones (excluding diaryl/α,β-unsaturated/α-hetero) is 1. The number of hydrogen-bond acceptors (Lipinski definition) is 1. The number of hydrogen-bond donors (Lipinski definition) is 0. The highest BCUT2D eigenvalue weighted by molar-refractivity contribution is 8.16. The summed E-state index contributed by atoms with van der Waals surface area (Å²) in [5.74, 6) is 1.32. The quantitative estimate of drug-likeness (QED) is 0.689. The summed E-state index contributed by atoms with van der Waals surface area (Å²) in [6, 6.07) is 8.07. The molecule has 1 aliphatic carbocycles. The SMILES string of the molecule is CCS1=C2C=CC=CC2C(=O)c2ccccc21. The van der Waals surface area contributed by atoms with E-state index in [0.29, 0.717) is 0 Å². The van der Waals surface area contributed by atoms with Crippen molar-refractivity contribution in [2.24, 2.45) is 5.92 Å². The van der Waals surface area contributed by atoms with Crippen LogP contribution in [0.25, 0.3) is 0 Å². The molecule has 2 aliphatic rings. The minimum Gasteiger partial charge on any atom is -0.293 e. The Balaban J connectivity index is 2.30. The van der Waals surface area contributed by atoms with E-state index in [4.69, 9.17) is 0 Å². The molecule has 0 amide bonds. The van der Waals surface area contributed by atoms with Gasteiger partial charge in [-0.1, -0.05) is 49.4 Å². The summed E-state index contributed by atoms with van der Waals surface area (Å²) in [7, 11) is 0.0940. The lowest BCUT2D eigenvalue weighted by molar-refractivity contribution is 0.0969. The lowest BCUT2D eigenvalue weighted by Gasteiger charge is -2.28. The van der Waals surface area contributed by atoms with Gasteiger partial charge < -0.3 is 0 Å². The van der Waals surface area contributed by atoms with Gasteiger partial charge in [0.05, 0.1) is 5.92 Å². The van der Waals surface area contributed by atoms with Gasteiger partial charge in [0.1, 0.15) is 0 Å². The Kier molecular flexibility index (Phi) is 2.60. The van der Waals surface area contributed by atoms with E-state index in [2.05, 4.69) is 19.1 Å². The van der Waals surface area contributed by atoms with Crippen LogP contribution in [0.1, 0.15) is 17.3 Å². The molecule has 1 nitrogen and oxygen atoms in total. The summed E-state index contributed by atoms with van der Waals surface area (Å²) in [5.41, 5.74) is 0.923. The minimum absolute atomic E-state index is 0.0156. The van der Waals surface area contributed by atoms with Gasteiger partial charge in [0.15, 0.2) is 5.78 Å². The Morgan fingerprint density at radius 1 is 1.24 bits per heavy atom. The van der Waals surface area contributed by atoms with Crippen LogP contribution < -0.4 is 0 Å². The van der Waals surface area contributed by atoms with Crippen molar-refractivity contribution in [1.29, 1.82) is 0 Å². The Hall–Kier alpha value is -1.41. The zero-order chi connectivity index (χ0) is 11.8. The van der Waals surface area contributed by atoms with E-state index < -0.39 is 0 Å². The molecule has 86 valence electrons. The summed E-state index contributed by atoms with van der Waals surface area (Å²) >= 11 is 0. The van der Waals surface area contributed by atoms with E-state index >= 15 is 0 Å². The van der Waals surface area contributed by atoms with Crippen molar-refractivity contribution in [3.05, 3.63) is 54.1 Å². The molecule has 2 heteroatoms. The highest BCUT2D eigenvalue weighted by Gasteiger charge is 2.30. The average molecular weight is 242 g/mol. The predicted octanol–water partition coefficient (Wildman–Crippen LogP) is 3.45. The Morgan fingerprint density at radius 3 is 2.88 bits per heavy atom. The molecule has 0 N–H and O–H groups in total. The second kappa shape index (κ2) is 4.11. The number of benzene rings is 1. The summed E-state index contributed by atoms with van der Waals surface area (Å²) in [4.78, 5) is 14.9. The summed E-state index contributed by atoms with van der Waals surface area (Å²) in [5, 5.41) is 0. The molecule has 2 atom stereocenters. The monoisotopic (exact) mass is 242 g/mol. The van der Waals surface area contributed by atoms with Gasteiger partial charge in [-0.2, -0.15) is 0 Å². The van der Waals surface area contributed by atoms with Gasteiger partial charge in [-0.3, -0.25) is 4.79 Å². The molecule has 1 heterocycles. The lowest BCUT2D eigenvalue weighted by atomic mass is 9.91. The lowest BCUT2D eigenvalue weighted by Crippen LogP contribution is -2.27. The molecule has 0 aromatic heterocycles. The van der Waals surface area contributed by atoms with Crippen LogP contribution in [0.2, 0.25) is 0 Å². The Bertz CT molecular complexity index is 578. The van der Waals surface area contributed by atoms with Crippen molar-refractivity contribution < 1.29 is 4.79 Å². The van der Waals surface area contributed by atoms with Gasteiger partial charge in [-0.05, 0) is 16.7 Å². The molecular weight excluding hydrogens is 228 g/mol. The maximum atomic E-state index is 12.4. The van der Waals surface area contributed by atoms with Crippen LogP contribution in [-0.2, 0) is 0 Å². The van der Waals surface area contributed by atoms with Crippen molar-refractivity contribution in [1.82, 2.24) is 0 Å². The third kappa shape index (κ3) is 1.55. The van der Waals surface area contributed by atoms with E-state index in [1.165, 1.54) is 9.76 Å². The van der Waals surface area contributed by atoms with E-state index in [-0.39, 0.29) is 22.2 Å². The summed E-state index contributed by atoms with van der Waals surface area (Å²) < 4.78 is 0. The molecule has 3 rings (SSSR count). The fraction of sp³-hybridized carbons (Fsp3) is 0.200. The second-order valence-corrected chi connectivity index (χ2v) is 6.43. The Morgan fingerprint density at radius 2 is 2.06 bits per heavy atom. The molecule has 0 bridgehead atoms. The molecule has 0 fully saturated rings. The molecule has 0 saturated heterocycles. The van der Waals surface area contributed by atoms with E-state index in [1.807, 2.05) is 36.4 Å². The first kappa shape index (κ1) is 10.7. The first-order valence-corrected chi connectivity index (χ1v) is 7.28. The van der Waals surface area contributed by atoms with Crippen molar-refractivity contribution in [3.8, 4) is 0 Å². The number of fused-ring (bicyclic) bond motifs is 2. The topological polar surface area (TPSA) is 17.1 Å². The van der Waals surface area contributed by atoms with Crippen molar-refractivity contribution in [2.45, 2.75) is 11.8 Å². The predicted molar refractivity (Wildman–Crippen MR) is 73.9 cm³/mol. The average Bonchev–Trinajstić information content (AvgIpc) is 2.40. The summed E-state index contributed by atoms with van der Waals surface area (Å²) in [6.45, 7) is 2.20. The number of carbonyl (C=O) groups is 1. The van der Waals surface area contributed by atoms with Crippen LogP contribution in [0, 0.1) is 5.92 Å². The first-order valence-electron chi connectivity index (χ1n) is 5.88. The normalized spacial score (nSPS) is 25.7. The molecule has 0 radical (unpaired) electrons. The van der Waals surface area contributed by atoms with Crippen molar-refractivity contribution in [2.75, 3.05) is 5.75 Å². The molecule has 1 aromatic carbocycles. The van der Waals surface area contributed by atoms with Crippen molar-refractivity contribution >= 4 is 21.1 Å². The van der Waals surface area contributed by atoms with Crippen LogP contribution in [0.3, 0.4) is 0 Å². The number of carbonyl (C=O) groups excluding carboxylic acids is 1. The van der Waals surface area contributed by atoms with Gasteiger partial charge >= 0.3 is 0 Å². The maximum absolute atomic E-state index is 12.4. The van der Waals surface area contributed by atoms with Crippen LogP contribution in [0.4, 0.5) is 0 Å². The third-order valence-corrected chi connectivity index (χ3v) is 5.68. The molecular formula is C15H14OS. The van der Waals surface area contributed by atoms with E-state index in [9.17, 15) is 4.79 Å². The van der Waals surface area contributed by atoms with Crippen LogP contribution in [0.5, 0.6) is 0 Å². The largest absolute Gasteiger partial charge is 0.293 e. The molecule has 2 unspecified atom stereocenters. The van der Waals surface area contributed by atoms with Gasteiger partial charge in [0, 0.05) is 10.5 Å². The Labute approximate surface area is 104 Å². The second-order valence-electron chi connectivity index (χ2n) is 4.16. The highest BCUT2D eigenvalue weighted by Crippen LogP contribution is 2.40. The van der Waals surface area contributed by atoms with Crippen molar-refractivity contribution in [3.63, 3.8) is 0 Å². The molecule has 1 aromatic rings. The van der Waals surface area contributed by atoms with Crippen LogP contribution in [0.15, 0.2) is 53.5 Å². The van der Waals surface area contributed by atoms with Gasteiger partial charge in [0.2, 0.25) is 0 Å². The fourth-order valence-corrected chi connectivity index (χ4v) is 4.79. The summed E-state index contributed by atoms with van der Waals surface area (Å²) in [6.07, 6.45) is 8.19. The first-order chi connectivity index (χ1) is 8.33.